The molecule has 0 aromatic heterocycles. The van der Waals surface area contributed by atoms with E-state index in [0.29, 0.717) is 5.57 Å². The lowest BCUT2D eigenvalue weighted by atomic mass is 9.88. The lowest BCUT2D eigenvalue weighted by molar-refractivity contribution is -0.137. The van der Waals surface area contributed by atoms with E-state index < -0.39 is 0 Å². The summed E-state index contributed by atoms with van der Waals surface area (Å²) in [5.41, 5.74) is 2.72. The Labute approximate surface area is 108 Å². The molecule has 2 aliphatic rings. The summed E-state index contributed by atoms with van der Waals surface area (Å²) in [5, 5.41) is 9.33. The van der Waals surface area contributed by atoms with Gasteiger partial charge in [0.1, 0.15) is 6.10 Å². The van der Waals surface area contributed by atoms with Crippen LogP contribution in [0, 0.1) is 12.3 Å². The van der Waals surface area contributed by atoms with Crippen LogP contribution in [-0.2, 0) is 9.53 Å². The zero-order valence-corrected chi connectivity index (χ0v) is 10.7. The van der Waals surface area contributed by atoms with Crippen LogP contribution in [-0.4, -0.2) is 23.8 Å². The molecule has 1 aliphatic heterocycles. The van der Waals surface area contributed by atoms with E-state index in [2.05, 4.69) is 26.0 Å². The van der Waals surface area contributed by atoms with E-state index in [4.69, 9.17) is 4.74 Å². The number of allylic oxidation sites excluding steroid dienone is 2. The number of carbonyl (C=O) groups is 1. The lowest BCUT2D eigenvalue weighted by Crippen LogP contribution is -2.16. The smallest absolute Gasteiger partial charge is 0.334 e. The maximum atomic E-state index is 11.6. The van der Waals surface area contributed by atoms with Crippen molar-refractivity contribution in [3.63, 3.8) is 0 Å². The predicted molar refractivity (Wildman–Crippen MR) is 69.6 cm³/mol. The first-order chi connectivity index (χ1) is 8.61. The summed E-state index contributed by atoms with van der Waals surface area (Å²) >= 11 is 0. The molecule has 1 heterocycles. The third kappa shape index (κ3) is 2.72. The molecule has 3 nitrogen and oxygen atoms in total. The number of ether oxygens (including phenoxy) is 1. The molecule has 1 N–H and O–H groups in total. The third-order valence-electron chi connectivity index (χ3n) is 3.52. The van der Waals surface area contributed by atoms with E-state index in [1.165, 1.54) is 5.57 Å². The molecule has 0 aromatic rings. The van der Waals surface area contributed by atoms with Gasteiger partial charge in [-0.05, 0) is 44.3 Å². The van der Waals surface area contributed by atoms with Gasteiger partial charge in [0.15, 0.2) is 0 Å². The number of hydrogen-bond donors (Lipinski definition) is 1. The third-order valence-corrected chi connectivity index (χ3v) is 3.52. The van der Waals surface area contributed by atoms with E-state index in [1.807, 2.05) is 6.08 Å². The molecule has 2 atom stereocenters. The van der Waals surface area contributed by atoms with Gasteiger partial charge in [-0.15, -0.1) is 0 Å². The first-order valence-electron chi connectivity index (χ1n) is 6.31. The summed E-state index contributed by atoms with van der Waals surface area (Å²) in [6, 6.07) is 0. The zero-order valence-electron chi connectivity index (χ0n) is 10.7. The van der Waals surface area contributed by atoms with Crippen LogP contribution < -0.4 is 0 Å². The number of hydrogen-bond acceptors (Lipinski definition) is 3. The van der Waals surface area contributed by atoms with Gasteiger partial charge < -0.3 is 9.84 Å². The second kappa shape index (κ2) is 5.53. The van der Waals surface area contributed by atoms with Crippen LogP contribution in [0.4, 0.5) is 0 Å². The van der Waals surface area contributed by atoms with E-state index in [1.54, 1.807) is 0 Å². The fourth-order valence-electron chi connectivity index (χ4n) is 2.37. The standard InChI is InChI=1S/C15H19O3/c1-10-4-3-5-12(9-16)8-14-13(7-6-10)11(2)15(17)18-14/h4,7-8,13-14,16H,2-3,5-6,9H2,1H3/b10-4+,12-8-/t13-,14+/m1/s1. The Balaban J connectivity index is 2.26. The van der Waals surface area contributed by atoms with E-state index in [9.17, 15) is 9.90 Å². The van der Waals surface area contributed by atoms with Crippen molar-refractivity contribution in [1.29, 1.82) is 0 Å². The largest absolute Gasteiger partial charge is 0.454 e. The average Bonchev–Trinajstić information content (AvgIpc) is 2.61. The summed E-state index contributed by atoms with van der Waals surface area (Å²) in [6.45, 7) is 5.90. The molecule has 0 spiro atoms. The molecular weight excluding hydrogens is 228 g/mol. The Morgan fingerprint density at radius 2 is 2.33 bits per heavy atom. The van der Waals surface area contributed by atoms with Gasteiger partial charge in [-0.2, -0.15) is 0 Å². The van der Waals surface area contributed by atoms with E-state index >= 15 is 0 Å². The van der Waals surface area contributed by atoms with Gasteiger partial charge in [0.25, 0.3) is 0 Å². The Hall–Kier alpha value is -1.35. The van der Waals surface area contributed by atoms with Crippen molar-refractivity contribution in [3.05, 3.63) is 41.9 Å². The summed E-state index contributed by atoms with van der Waals surface area (Å²) in [5.74, 6) is -0.392. The van der Waals surface area contributed by atoms with Gasteiger partial charge in [0.2, 0.25) is 0 Å². The maximum absolute atomic E-state index is 11.6. The molecule has 97 valence electrons. The van der Waals surface area contributed by atoms with Gasteiger partial charge in [-0.1, -0.05) is 18.2 Å². The highest BCUT2D eigenvalue weighted by Gasteiger charge is 2.37. The highest BCUT2D eigenvalue weighted by molar-refractivity contribution is 5.91. The van der Waals surface area contributed by atoms with Crippen LogP contribution in [0.25, 0.3) is 0 Å². The van der Waals surface area contributed by atoms with Crippen molar-refractivity contribution in [3.8, 4) is 0 Å². The second-order valence-electron chi connectivity index (χ2n) is 4.93. The minimum Gasteiger partial charge on any atom is -0.454 e. The quantitative estimate of drug-likeness (QED) is 0.439. The monoisotopic (exact) mass is 247 g/mol. The highest BCUT2D eigenvalue weighted by atomic mass is 16.5. The maximum Gasteiger partial charge on any atom is 0.334 e. The van der Waals surface area contributed by atoms with Crippen molar-refractivity contribution in [2.75, 3.05) is 6.61 Å². The van der Waals surface area contributed by atoms with Gasteiger partial charge >= 0.3 is 5.97 Å². The number of fused-ring (bicyclic) bond motifs is 1. The van der Waals surface area contributed by atoms with Crippen LogP contribution in [0.1, 0.15) is 26.2 Å². The summed E-state index contributed by atoms with van der Waals surface area (Å²) < 4.78 is 5.30. The van der Waals surface area contributed by atoms with Crippen molar-refractivity contribution in [2.24, 2.45) is 5.92 Å². The van der Waals surface area contributed by atoms with Crippen molar-refractivity contribution in [2.45, 2.75) is 32.3 Å². The van der Waals surface area contributed by atoms with Crippen LogP contribution in [0.3, 0.4) is 0 Å². The zero-order chi connectivity index (χ0) is 13.1. The first-order valence-corrected chi connectivity index (χ1v) is 6.31. The second-order valence-corrected chi connectivity index (χ2v) is 4.93. The first kappa shape index (κ1) is 13.1. The Morgan fingerprint density at radius 1 is 1.56 bits per heavy atom. The average molecular weight is 247 g/mol. The number of aliphatic hydroxyl groups excluding tert-OH is 1. The molecule has 0 aromatic carbocycles. The minimum absolute atomic E-state index is 0.0140. The SMILES string of the molecule is C=C1C(=O)O[C@H]2/C=C(\CO)CC/C=C(\C)C[CH][C@H]12. The molecule has 2 rings (SSSR count). The topological polar surface area (TPSA) is 46.5 Å². The molecule has 0 unspecified atom stereocenters. The van der Waals surface area contributed by atoms with E-state index in [-0.39, 0.29) is 24.6 Å². The molecule has 1 fully saturated rings. The van der Waals surface area contributed by atoms with Crippen LogP contribution in [0.15, 0.2) is 35.5 Å². The molecular formula is C15H19O3. The highest BCUT2D eigenvalue weighted by Crippen LogP contribution is 2.33. The van der Waals surface area contributed by atoms with Crippen LogP contribution >= 0.6 is 0 Å². The van der Waals surface area contributed by atoms with Gasteiger partial charge in [-0.25, -0.2) is 4.79 Å². The number of carbonyl (C=O) groups excluding carboxylic acids is 1. The lowest BCUT2D eigenvalue weighted by Gasteiger charge is -2.17. The molecule has 0 saturated carbocycles. The molecule has 3 heteroatoms. The molecule has 1 saturated heterocycles. The fourth-order valence-corrected chi connectivity index (χ4v) is 2.37. The predicted octanol–water partition coefficient (Wildman–Crippen LogP) is 2.34. The Bertz CT molecular complexity index is 417. The summed E-state index contributed by atoms with van der Waals surface area (Å²) in [6.07, 6.45) is 8.42. The van der Waals surface area contributed by atoms with Gasteiger partial charge in [0, 0.05) is 11.5 Å². The van der Waals surface area contributed by atoms with Crippen molar-refractivity contribution >= 4 is 5.97 Å². The summed E-state index contributed by atoms with van der Waals surface area (Å²) in [4.78, 5) is 11.6. The number of aliphatic hydroxyl groups is 1. The van der Waals surface area contributed by atoms with Crippen molar-refractivity contribution < 1.29 is 14.6 Å². The normalized spacial score (nSPS) is 35.0. The Morgan fingerprint density at radius 3 is 3.06 bits per heavy atom. The molecule has 18 heavy (non-hydrogen) atoms. The molecule has 0 bridgehead atoms. The van der Waals surface area contributed by atoms with E-state index in [0.717, 1.165) is 24.8 Å². The van der Waals surface area contributed by atoms with Gasteiger partial charge in [-0.3, -0.25) is 0 Å². The van der Waals surface area contributed by atoms with Crippen LogP contribution in [0.2, 0.25) is 0 Å². The molecule has 1 radical (unpaired) electrons. The minimum atomic E-state index is -0.323. The summed E-state index contributed by atoms with van der Waals surface area (Å²) in [7, 11) is 0. The Kier molecular flexibility index (Phi) is 4.02. The molecule has 1 aliphatic carbocycles. The fraction of sp³-hybridized carbons (Fsp3) is 0.467. The number of rotatable bonds is 1. The number of esters is 1. The van der Waals surface area contributed by atoms with Gasteiger partial charge in [0.05, 0.1) is 6.61 Å². The molecule has 0 amide bonds. The van der Waals surface area contributed by atoms with Crippen molar-refractivity contribution in [1.82, 2.24) is 0 Å². The van der Waals surface area contributed by atoms with Crippen LogP contribution in [0.5, 0.6) is 0 Å².